The van der Waals surface area contributed by atoms with E-state index in [9.17, 15) is 4.79 Å². The van der Waals surface area contributed by atoms with Gasteiger partial charge in [0.05, 0.1) is 0 Å². The van der Waals surface area contributed by atoms with E-state index in [0.717, 1.165) is 43.6 Å². The molecule has 3 nitrogen and oxygen atoms in total. The first kappa shape index (κ1) is 17.1. The number of nitrogens with zero attached hydrogens (tertiary/aromatic N) is 1. The van der Waals surface area contributed by atoms with E-state index in [4.69, 9.17) is 0 Å². The first-order valence-corrected chi connectivity index (χ1v) is 8.42. The molecule has 0 radical (unpaired) electrons. The molecule has 0 spiro atoms. The Bertz CT molecular complexity index is 610. The largest absolute Gasteiger partial charge is 0.325 e. The van der Waals surface area contributed by atoms with Crippen molar-refractivity contribution in [1.82, 2.24) is 4.90 Å². The van der Waals surface area contributed by atoms with Crippen molar-refractivity contribution in [3.8, 4) is 0 Å². The fourth-order valence-electron chi connectivity index (χ4n) is 2.56. The molecular formula is C20H26N2O. The molecule has 0 saturated heterocycles. The number of anilines is 1. The summed E-state index contributed by atoms with van der Waals surface area (Å²) in [6.07, 6.45) is 2.94. The van der Waals surface area contributed by atoms with Gasteiger partial charge in [-0.25, -0.2) is 4.79 Å². The molecular weight excluding hydrogens is 284 g/mol. The van der Waals surface area contributed by atoms with Gasteiger partial charge in [-0.2, -0.15) is 0 Å². The summed E-state index contributed by atoms with van der Waals surface area (Å²) in [5.41, 5.74) is 3.28. The number of hydrogen-bond donors (Lipinski definition) is 1. The SMILES string of the molecule is CCCCN(CC)C(=O)Nc1ccccc1Cc1ccccc1. The molecule has 0 fully saturated rings. The van der Waals surface area contributed by atoms with Crippen molar-refractivity contribution in [3.63, 3.8) is 0 Å². The molecule has 3 heteroatoms. The van der Waals surface area contributed by atoms with Gasteiger partial charge in [-0.3, -0.25) is 0 Å². The molecule has 0 atom stereocenters. The highest BCUT2D eigenvalue weighted by atomic mass is 16.2. The lowest BCUT2D eigenvalue weighted by Gasteiger charge is -2.22. The van der Waals surface area contributed by atoms with Crippen molar-refractivity contribution in [2.45, 2.75) is 33.1 Å². The normalized spacial score (nSPS) is 10.3. The third-order valence-corrected chi connectivity index (χ3v) is 3.95. The molecule has 2 rings (SSSR count). The summed E-state index contributed by atoms with van der Waals surface area (Å²) in [5, 5.41) is 3.08. The van der Waals surface area contributed by atoms with Gasteiger partial charge in [0.1, 0.15) is 0 Å². The Hall–Kier alpha value is -2.29. The molecule has 2 aromatic rings. The summed E-state index contributed by atoms with van der Waals surface area (Å²) < 4.78 is 0. The molecule has 1 N–H and O–H groups in total. The highest BCUT2D eigenvalue weighted by molar-refractivity contribution is 5.90. The van der Waals surface area contributed by atoms with Gasteiger partial charge in [0.15, 0.2) is 0 Å². The van der Waals surface area contributed by atoms with Crippen LogP contribution in [0.25, 0.3) is 0 Å². The first-order chi connectivity index (χ1) is 11.2. The number of benzene rings is 2. The van der Waals surface area contributed by atoms with Gasteiger partial charge in [0.25, 0.3) is 0 Å². The van der Waals surface area contributed by atoms with E-state index in [1.807, 2.05) is 48.2 Å². The van der Waals surface area contributed by atoms with Crippen LogP contribution in [0.5, 0.6) is 0 Å². The number of para-hydroxylation sites is 1. The minimum absolute atomic E-state index is 0.0125. The Kier molecular flexibility index (Phi) is 6.67. The quantitative estimate of drug-likeness (QED) is 0.772. The Morgan fingerprint density at radius 3 is 2.39 bits per heavy atom. The van der Waals surface area contributed by atoms with Crippen LogP contribution in [0.2, 0.25) is 0 Å². The second-order valence-electron chi connectivity index (χ2n) is 5.68. The van der Waals surface area contributed by atoms with E-state index < -0.39 is 0 Å². The highest BCUT2D eigenvalue weighted by Crippen LogP contribution is 2.19. The minimum atomic E-state index is -0.0125. The maximum atomic E-state index is 12.5. The Morgan fingerprint density at radius 2 is 1.70 bits per heavy atom. The van der Waals surface area contributed by atoms with Crippen molar-refractivity contribution in [2.24, 2.45) is 0 Å². The van der Waals surface area contributed by atoms with Crippen molar-refractivity contribution < 1.29 is 4.79 Å². The number of carbonyl (C=O) groups excluding carboxylic acids is 1. The summed E-state index contributed by atoms with van der Waals surface area (Å²) in [5.74, 6) is 0. The monoisotopic (exact) mass is 310 g/mol. The Balaban J connectivity index is 2.09. The number of urea groups is 1. The van der Waals surface area contributed by atoms with Gasteiger partial charge in [-0.1, -0.05) is 61.9 Å². The van der Waals surface area contributed by atoms with Crippen LogP contribution in [0.1, 0.15) is 37.8 Å². The van der Waals surface area contributed by atoms with E-state index in [0.29, 0.717) is 0 Å². The van der Waals surface area contributed by atoms with E-state index in [-0.39, 0.29) is 6.03 Å². The zero-order chi connectivity index (χ0) is 16.5. The lowest BCUT2D eigenvalue weighted by molar-refractivity contribution is 0.213. The zero-order valence-corrected chi connectivity index (χ0v) is 14.1. The van der Waals surface area contributed by atoms with E-state index >= 15 is 0 Å². The molecule has 0 bridgehead atoms. The molecule has 0 heterocycles. The number of nitrogens with one attached hydrogen (secondary N) is 1. The second kappa shape index (κ2) is 8.99. The maximum absolute atomic E-state index is 12.5. The third kappa shape index (κ3) is 5.13. The van der Waals surface area contributed by atoms with Gasteiger partial charge >= 0.3 is 6.03 Å². The van der Waals surface area contributed by atoms with Crippen LogP contribution in [0, 0.1) is 0 Å². The van der Waals surface area contributed by atoms with Crippen molar-refractivity contribution in [1.29, 1.82) is 0 Å². The van der Waals surface area contributed by atoms with Gasteiger partial charge in [0.2, 0.25) is 0 Å². The van der Waals surface area contributed by atoms with Crippen LogP contribution in [-0.2, 0) is 6.42 Å². The fourth-order valence-corrected chi connectivity index (χ4v) is 2.56. The summed E-state index contributed by atoms with van der Waals surface area (Å²) in [7, 11) is 0. The average Bonchev–Trinajstić information content (AvgIpc) is 2.58. The molecule has 0 aliphatic heterocycles. The van der Waals surface area contributed by atoms with Gasteiger partial charge in [-0.15, -0.1) is 0 Å². The molecule has 0 saturated carbocycles. The number of rotatable bonds is 7. The Labute approximate surface area is 139 Å². The molecule has 122 valence electrons. The van der Waals surface area contributed by atoms with Crippen LogP contribution in [0.15, 0.2) is 54.6 Å². The number of carbonyl (C=O) groups is 1. The standard InChI is InChI=1S/C20H26N2O/c1-3-5-15-22(4-2)20(23)21-19-14-10-9-13-18(19)16-17-11-7-6-8-12-17/h6-14H,3-5,15-16H2,1-2H3,(H,21,23). The summed E-state index contributed by atoms with van der Waals surface area (Å²) >= 11 is 0. The zero-order valence-electron chi connectivity index (χ0n) is 14.1. The van der Waals surface area contributed by atoms with E-state index in [2.05, 4.69) is 30.4 Å². The number of amides is 2. The molecule has 0 aromatic heterocycles. The molecule has 0 aliphatic carbocycles. The van der Waals surface area contributed by atoms with E-state index in [1.54, 1.807) is 0 Å². The van der Waals surface area contributed by atoms with Gasteiger partial charge in [0, 0.05) is 18.8 Å². The predicted molar refractivity (Wildman–Crippen MR) is 96.9 cm³/mol. The van der Waals surface area contributed by atoms with Crippen molar-refractivity contribution in [2.75, 3.05) is 18.4 Å². The van der Waals surface area contributed by atoms with Crippen LogP contribution < -0.4 is 5.32 Å². The van der Waals surface area contributed by atoms with E-state index in [1.165, 1.54) is 5.56 Å². The topological polar surface area (TPSA) is 32.3 Å². The highest BCUT2D eigenvalue weighted by Gasteiger charge is 2.12. The summed E-state index contributed by atoms with van der Waals surface area (Å²) in [4.78, 5) is 14.3. The minimum Gasteiger partial charge on any atom is -0.325 e. The first-order valence-electron chi connectivity index (χ1n) is 8.42. The lowest BCUT2D eigenvalue weighted by Crippen LogP contribution is -2.35. The van der Waals surface area contributed by atoms with Gasteiger partial charge < -0.3 is 10.2 Å². The van der Waals surface area contributed by atoms with Crippen LogP contribution in [-0.4, -0.2) is 24.0 Å². The van der Waals surface area contributed by atoms with Crippen LogP contribution in [0.4, 0.5) is 10.5 Å². The van der Waals surface area contributed by atoms with Crippen molar-refractivity contribution in [3.05, 3.63) is 65.7 Å². The van der Waals surface area contributed by atoms with Crippen LogP contribution >= 0.6 is 0 Å². The maximum Gasteiger partial charge on any atom is 0.321 e. The molecule has 0 aliphatic rings. The average molecular weight is 310 g/mol. The second-order valence-corrected chi connectivity index (χ2v) is 5.68. The number of unbranched alkanes of at least 4 members (excludes halogenated alkanes) is 1. The van der Waals surface area contributed by atoms with Gasteiger partial charge in [-0.05, 0) is 37.0 Å². The Morgan fingerprint density at radius 1 is 1.00 bits per heavy atom. The number of hydrogen-bond acceptors (Lipinski definition) is 1. The molecule has 2 aromatic carbocycles. The lowest BCUT2D eigenvalue weighted by atomic mass is 10.0. The summed E-state index contributed by atoms with van der Waals surface area (Å²) in [6, 6.07) is 18.3. The smallest absolute Gasteiger partial charge is 0.321 e. The third-order valence-electron chi connectivity index (χ3n) is 3.95. The molecule has 0 unspecified atom stereocenters. The van der Waals surface area contributed by atoms with Crippen molar-refractivity contribution >= 4 is 11.7 Å². The molecule has 23 heavy (non-hydrogen) atoms. The van der Waals surface area contributed by atoms with Crippen LogP contribution in [0.3, 0.4) is 0 Å². The summed E-state index contributed by atoms with van der Waals surface area (Å²) in [6.45, 7) is 5.69. The predicted octanol–water partition coefficient (Wildman–Crippen LogP) is 4.93. The fraction of sp³-hybridized carbons (Fsp3) is 0.350. The molecule has 2 amide bonds.